The van der Waals surface area contributed by atoms with Crippen LogP contribution < -0.4 is 10.2 Å². The molecule has 4 heteroatoms. The first-order valence-electron chi connectivity index (χ1n) is 8.33. The summed E-state index contributed by atoms with van der Waals surface area (Å²) in [5.41, 5.74) is 5.16. The maximum atomic E-state index is 12.9. The second-order valence-corrected chi connectivity index (χ2v) is 6.31. The lowest BCUT2D eigenvalue weighted by Gasteiger charge is -2.24. The van der Waals surface area contributed by atoms with Gasteiger partial charge >= 0.3 is 6.03 Å². The summed E-state index contributed by atoms with van der Waals surface area (Å²) in [5, 5.41) is 3.00. The van der Waals surface area contributed by atoms with E-state index in [0.29, 0.717) is 0 Å². The molecule has 0 atom stereocenters. The lowest BCUT2D eigenvalue weighted by molar-refractivity contribution is 0.259. The summed E-state index contributed by atoms with van der Waals surface area (Å²) in [4.78, 5) is 19.2. The fourth-order valence-corrected chi connectivity index (χ4v) is 2.86. The van der Waals surface area contributed by atoms with Crippen LogP contribution in [-0.4, -0.2) is 18.4 Å². The van der Waals surface area contributed by atoms with E-state index < -0.39 is 0 Å². The Morgan fingerprint density at radius 3 is 2.58 bits per heavy atom. The van der Waals surface area contributed by atoms with E-state index >= 15 is 0 Å². The molecule has 1 heterocycles. The highest BCUT2D eigenvalue weighted by molar-refractivity contribution is 6.20. The quantitative estimate of drug-likeness (QED) is 0.845. The molecule has 2 amide bonds. The summed E-state index contributed by atoms with van der Waals surface area (Å²) in [7, 11) is 0. The molecule has 4 nitrogen and oxygen atoms in total. The molecule has 0 aromatic heterocycles. The highest BCUT2D eigenvalue weighted by Gasteiger charge is 2.24. The van der Waals surface area contributed by atoms with Gasteiger partial charge in [0.1, 0.15) is 5.84 Å². The largest absolute Gasteiger partial charge is 0.331 e. The van der Waals surface area contributed by atoms with Gasteiger partial charge in [-0.05, 0) is 68.1 Å². The number of carbonyl (C=O) groups excluding carboxylic acids is 1. The normalized spacial score (nSPS) is 13.5. The summed E-state index contributed by atoms with van der Waals surface area (Å²) in [6.07, 6.45) is 1.82. The van der Waals surface area contributed by atoms with Crippen LogP contribution in [0.2, 0.25) is 0 Å². The standard InChI is InChI=1S/C20H23N3O/c1-14-6-4-7-17(12-14)22-20(24)23(19-8-5-11-21-19)18-10-9-15(2)16(3)13-18/h4,6-7,9-10,12-13H,5,8,11H2,1-3H3,(H,22,24). The lowest BCUT2D eigenvalue weighted by atomic mass is 10.1. The first-order chi connectivity index (χ1) is 11.5. The van der Waals surface area contributed by atoms with Gasteiger partial charge in [0.15, 0.2) is 0 Å². The van der Waals surface area contributed by atoms with Crippen molar-refractivity contribution in [2.24, 2.45) is 4.99 Å². The molecule has 2 aromatic rings. The van der Waals surface area contributed by atoms with E-state index in [1.807, 2.05) is 49.4 Å². The summed E-state index contributed by atoms with van der Waals surface area (Å²) in [6.45, 7) is 6.93. The van der Waals surface area contributed by atoms with Crippen LogP contribution in [0, 0.1) is 20.8 Å². The van der Waals surface area contributed by atoms with Gasteiger partial charge in [0.25, 0.3) is 0 Å². The second kappa shape index (κ2) is 6.87. The van der Waals surface area contributed by atoms with Gasteiger partial charge in [-0.1, -0.05) is 18.2 Å². The Kier molecular flexibility index (Phi) is 4.65. The first kappa shape index (κ1) is 16.2. The van der Waals surface area contributed by atoms with Gasteiger partial charge in [0, 0.05) is 18.7 Å². The molecular formula is C20H23N3O. The third-order valence-corrected chi connectivity index (χ3v) is 4.33. The Hall–Kier alpha value is -2.62. The Morgan fingerprint density at radius 1 is 1.08 bits per heavy atom. The lowest BCUT2D eigenvalue weighted by Crippen LogP contribution is -2.39. The number of amidine groups is 1. The van der Waals surface area contributed by atoms with Crippen LogP contribution in [-0.2, 0) is 0 Å². The van der Waals surface area contributed by atoms with Crippen LogP contribution in [0.3, 0.4) is 0 Å². The van der Waals surface area contributed by atoms with Crippen molar-refractivity contribution in [2.45, 2.75) is 33.6 Å². The maximum Gasteiger partial charge on any atom is 0.331 e. The van der Waals surface area contributed by atoms with Crippen molar-refractivity contribution >= 4 is 23.2 Å². The molecule has 0 fully saturated rings. The SMILES string of the molecule is Cc1cccc(NC(=O)N(C2=NCCC2)c2ccc(C)c(C)c2)c1. The third-order valence-electron chi connectivity index (χ3n) is 4.33. The van der Waals surface area contributed by atoms with Crippen LogP contribution in [0.15, 0.2) is 47.5 Å². The number of aliphatic imine (C=N–C) groups is 1. The fraction of sp³-hybridized carbons (Fsp3) is 0.300. The van der Waals surface area contributed by atoms with E-state index in [2.05, 4.69) is 24.2 Å². The molecule has 1 aliphatic rings. The van der Waals surface area contributed by atoms with Gasteiger partial charge in [-0.25, -0.2) is 4.79 Å². The Bertz CT molecular complexity index is 795. The van der Waals surface area contributed by atoms with Crippen molar-refractivity contribution in [1.29, 1.82) is 0 Å². The van der Waals surface area contributed by atoms with Gasteiger partial charge in [0.05, 0.1) is 5.69 Å². The molecule has 0 spiro atoms. The maximum absolute atomic E-state index is 12.9. The van der Waals surface area contributed by atoms with Gasteiger partial charge in [-0.15, -0.1) is 0 Å². The zero-order chi connectivity index (χ0) is 17.1. The number of urea groups is 1. The first-order valence-corrected chi connectivity index (χ1v) is 8.33. The molecule has 1 N–H and O–H groups in total. The Labute approximate surface area is 143 Å². The van der Waals surface area contributed by atoms with E-state index in [1.165, 1.54) is 11.1 Å². The number of rotatable bonds is 2. The summed E-state index contributed by atoms with van der Waals surface area (Å²) in [5.74, 6) is 0.836. The second-order valence-electron chi connectivity index (χ2n) is 6.31. The molecule has 2 aromatic carbocycles. The topological polar surface area (TPSA) is 44.7 Å². The number of benzene rings is 2. The minimum atomic E-state index is -0.162. The van der Waals surface area contributed by atoms with Crippen molar-refractivity contribution in [1.82, 2.24) is 0 Å². The van der Waals surface area contributed by atoms with Crippen molar-refractivity contribution in [3.8, 4) is 0 Å². The van der Waals surface area contributed by atoms with Crippen molar-refractivity contribution in [3.05, 3.63) is 59.2 Å². The van der Waals surface area contributed by atoms with E-state index in [4.69, 9.17) is 0 Å². The predicted octanol–water partition coefficient (Wildman–Crippen LogP) is 4.84. The molecule has 3 rings (SSSR count). The number of anilines is 2. The van der Waals surface area contributed by atoms with E-state index in [-0.39, 0.29) is 6.03 Å². The molecule has 0 radical (unpaired) electrons. The number of nitrogens with one attached hydrogen (secondary N) is 1. The van der Waals surface area contributed by atoms with Crippen LogP contribution >= 0.6 is 0 Å². The minimum Gasteiger partial charge on any atom is -0.307 e. The van der Waals surface area contributed by atoms with Crippen LogP contribution in [0.1, 0.15) is 29.5 Å². The van der Waals surface area contributed by atoms with E-state index in [1.54, 1.807) is 4.90 Å². The van der Waals surface area contributed by atoms with Gasteiger partial charge < -0.3 is 5.32 Å². The monoisotopic (exact) mass is 321 g/mol. The molecule has 1 aliphatic heterocycles. The number of hydrogen-bond acceptors (Lipinski definition) is 2. The average molecular weight is 321 g/mol. The minimum absolute atomic E-state index is 0.162. The van der Waals surface area contributed by atoms with Crippen molar-refractivity contribution < 1.29 is 4.79 Å². The number of carbonyl (C=O) groups is 1. The van der Waals surface area contributed by atoms with Crippen molar-refractivity contribution in [2.75, 3.05) is 16.8 Å². The molecule has 0 saturated heterocycles. The average Bonchev–Trinajstić information content (AvgIpc) is 3.05. The van der Waals surface area contributed by atoms with E-state index in [0.717, 1.165) is 42.2 Å². The van der Waals surface area contributed by atoms with Crippen molar-refractivity contribution in [3.63, 3.8) is 0 Å². The molecule has 0 bridgehead atoms. The smallest absolute Gasteiger partial charge is 0.307 e. The Morgan fingerprint density at radius 2 is 1.92 bits per heavy atom. The molecule has 0 saturated carbocycles. The molecule has 0 aliphatic carbocycles. The highest BCUT2D eigenvalue weighted by Crippen LogP contribution is 2.23. The zero-order valence-corrected chi connectivity index (χ0v) is 14.5. The number of aryl methyl sites for hydroxylation is 3. The molecule has 0 unspecified atom stereocenters. The van der Waals surface area contributed by atoms with Crippen LogP contribution in [0.5, 0.6) is 0 Å². The van der Waals surface area contributed by atoms with Crippen LogP contribution in [0.25, 0.3) is 0 Å². The molecular weight excluding hydrogens is 298 g/mol. The summed E-state index contributed by atoms with van der Waals surface area (Å²) >= 11 is 0. The highest BCUT2D eigenvalue weighted by atomic mass is 16.2. The predicted molar refractivity (Wildman–Crippen MR) is 100 cm³/mol. The molecule has 24 heavy (non-hydrogen) atoms. The third kappa shape index (κ3) is 3.48. The number of amides is 2. The van der Waals surface area contributed by atoms with E-state index in [9.17, 15) is 4.79 Å². The van der Waals surface area contributed by atoms with Gasteiger partial charge in [-0.3, -0.25) is 9.89 Å². The van der Waals surface area contributed by atoms with Gasteiger partial charge in [0.2, 0.25) is 0 Å². The number of hydrogen-bond donors (Lipinski definition) is 1. The zero-order valence-electron chi connectivity index (χ0n) is 14.5. The number of nitrogens with zero attached hydrogens (tertiary/aromatic N) is 2. The van der Waals surface area contributed by atoms with Gasteiger partial charge in [-0.2, -0.15) is 0 Å². The summed E-state index contributed by atoms with van der Waals surface area (Å²) in [6, 6.07) is 13.7. The van der Waals surface area contributed by atoms with Crippen LogP contribution in [0.4, 0.5) is 16.2 Å². The molecule has 124 valence electrons. The fourth-order valence-electron chi connectivity index (χ4n) is 2.86. The Balaban J connectivity index is 1.92. The summed E-state index contributed by atoms with van der Waals surface area (Å²) < 4.78 is 0.